The van der Waals surface area contributed by atoms with E-state index in [1.54, 1.807) is 18.3 Å². The second-order valence-electron chi connectivity index (χ2n) is 5.35. The summed E-state index contributed by atoms with van der Waals surface area (Å²) in [6.45, 7) is 2.01. The van der Waals surface area contributed by atoms with E-state index >= 15 is 0 Å². The van der Waals surface area contributed by atoms with Gasteiger partial charge >= 0.3 is 0 Å². The normalized spacial score (nSPS) is 22.5. The van der Waals surface area contributed by atoms with Crippen LogP contribution in [0, 0.1) is 0 Å². The van der Waals surface area contributed by atoms with Gasteiger partial charge in [-0.25, -0.2) is 13.1 Å². The van der Waals surface area contributed by atoms with Gasteiger partial charge in [0.1, 0.15) is 4.90 Å². The van der Waals surface area contributed by atoms with Crippen molar-refractivity contribution in [3.8, 4) is 0 Å². The fraction of sp³-hybridized carbons (Fsp3) is 0.615. The third kappa shape index (κ3) is 3.13. The highest BCUT2D eigenvalue weighted by atomic mass is 32.2. The van der Waals surface area contributed by atoms with Crippen LogP contribution in [0.4, 0.5) is 0 Å². The van der Waals surface area contributed by atoms with Gasteiger partial charge < -0.3 is 4.90 Å². The monoisotopic (exact) mass is 281 g/mol. The molecule has 3 rings (SSSR count). The molecule has 0 radical (unpaired) electrons. The Kier molecular flexibility index (Phi) is 3.56. The highest BCUT2D eigenvalue weighted by Crippen LogP contribution is 2.29. The van der Waals surface area contributed by atoms with Gasteiger partial charge in [-0.05, 0) is 50.9 Å². The first-order chi connectivity index (χ1) is 9.15. The molecule has 2 aliphatic rings. The SMILES string of the molecule is O=S(=O)(NC1CCN(C2CC2)CC1)c1cccnc1. The predicted molar refractivity (Wildman–Crippen MR) is 72.2 cm³/mol. The highest BCUT2D eigenvalue weighted by molar-refractivity contribution is 7.89. The van der Waals surface area contributed by atoms with Crippen LogP contribution in [0.15, 0.2) is 29.4 Å². The van der Waals surface area contributed by atoms with Crippen LogP contribution < -0.4 is 4.72 Å². The maximum Gasteiger partial charge on any atom is 0.242 e. The zero-order valence-electron chi connectivity index (χ0n) is 10.8. The number of likely N-dealkylation sites (tertiary alicyclic amines) is 1. The van der Waals surface area contributed by atoms with Gasteiger partial charge in [-0.15, -0.1) is 0 Å². The molecule has 6 heteroatoms. The number of aromatic nitrogens is 1. The topological polar surface area (TPSA) is 62.3 Å². The highest BCUT2D eigenvalue weighted by Gasteiger charge is 2.32. The van der Waals surface area contributed by atoms with Gasteiger partial charge in [0.2, 0.25) is 10.0 Å². The molecule has 0 atom stereocenters. The van der Waals surface area contributed by atoms with Crippen LogP contribution in [0.5, 0.6) is 0 Å². The van der Waals surface area contributed by atoms with Gasteiger partial charge in [-0.1, -0.05) is 0 Å². The fourth-order valence-electron chi connectivity index (χ4n) is 2.62. The Morgan fingerprint density at radius 3 is 2.53 bits per heavy atom. The lowest BCUT2D eigenvalue weighted by molar-refractivity contribution is 0.199. The first-order valence-corrected chi connectivity index (χ1v) is 8.30. The lowest BCUT2D eigenvalue weighted by Gasteiger charge is -2.32. The molecule has 1 saturated carbocycles. The molecule has 5 nitrogen and oxygen atoms in total. The number of sulfonamides is 1. The fourth-order valence-corrected chi connectivity index (χ4v) is 3.88. The summed E-state index contributed by atoms with van der Waals surface area (Å²) in [5, 5.41) is 0. The number of hydrogen-bond acceptors (Lipinski definition) is 4. The average Bonchev–Trinajstić information content (AvgIpc) is 3.25. The number of hydrogen-bond donors (Lipinski definition) is 1. The Bertz CT molecular complexity index is 520. The zero-order valence-corrected chi connectivity index (χ0v) is 11.6. The molecule has 0 bridgehead atoms. The van der Waals surface area contributed by atoms with Crippen LogP contribution in [-0.4, -0.2) is 43.5 Å². The van der Waals surface area contributed by atoms with E-state index in [2.05, 4.69) is 14.6 Å². The molecule has 1 aromatic heterocycles. The third-order valence-electron chi connectivity index (χ3n) is 3.86. The number of nitrogens with one attached hydrogen (secondary N) is 1. The van der Waals surface area contributed by atoms with Gasteiger partial charge in [0.05, 0.1) is 0 Å². The molecule has 2 heterocycles. The smallest absolute Gasteiger partial charge is 0.242 e. The lowest BCUT2D eigenvalue weighted by Crippen LogP contribution is -2.45. The molecule has 1 N–H and O–H groups in total. The summed E-state index contributed by atoms with van der Waals surface area (Å²) in [4.78, 5) is 6.59. The third-order valence-corrected chi connectivity index (χ3v) is 5.37. The van der Waals surface area contributed by atoms with Gasteiger partial charge in [-0.3, -0.25) is 4.98 Å². The molecule has 1 aliphatic carbocycles. The van der Waals surface area contributed by atoms with Crippen molar-refractivity contribution in [2.45, 2.75) is 42.7 Å². The molecule has 1 saturated heterocycles. The number of pyridine rings is 1. The Balaban J connectivity index is 1.59. The van der Waals surface area contributed by atoms with E-state index in [0.717, 1.165) is 32.0 Å². The molecule has 19 heavy (non-hydrogen) atoms. The summed E-state index contributed by atoms with van der Waals surface area (Å²) in [6, 6.07) is 4.05. The quantitative estimate of drug-likeness (QED) is 0.894. The average molecular weight is 281 g/mol. The first-order valence-electron chi connectivity index (χ1n) is 6.81. The van der Waals surface area contributed by atoms with Crippen LogP contribution in [0.3, 0.4) is 0 Å². The van der Waals surface area contributed by atoms with Crippen molar-refractivity contribution in [2.24, 2.45) is 0 Å². The van der Waals surface area contributed by atoms with E-state index in [1.807, 2.05) is 0 Å². The Labute approximate surface area is 114 Å². The summed E-state index contributed by atoms with van der Waals surface area (Å²) >= 11 is 0. The van der Waals surface area contributed by atoms with Crippen molar-refractivity contribution in [1.82, 2.24) is 14.6 Å². The van der Waals surface area contributed by atoms with Gasteiger partial charge in [0.25, 0.3) is 0 Å². The van der Waals surface area contributed by atoms with E-state index in [4.69, 9.17) is 0 Å². The number of rotatable bonds is 4. The van der Waals surface area contributed by atoms with E-state index in [0.29, 0.717) is 0 Å². The molecule has 0 spiro atoms. The Hall–Kier alpha value is -0.980. The molecule has 2 fully saturated rings. The van der Waals surface area contributed by atoms with Crippen molar-refractivity contribution >= 4 is 10.0 Å². The van der Waals surface area contributed by atoms with Crippen LogP contribution >= 0.6 is 0 Å². The van der Waals surface area contributed by atoms with E-state index in [-0.39, 0.29) is 10.9 Å². The maximum absolute atomic E-state index is 12.2. The molecule has 1 aliphatic heterocycles. The van der Waals surface area contributed by atoms with Crippen LogP contribution in [-0.2, 0) is 10.0 Å². The standard InChI is InChI=1S/C13H19N3O2S/c17-19(18,13-2-1-7-14-10-13)15-11-5-8-16(9-6-11)12-3-4-12/h1-2,7,10-12,15H,3-6,8-9H2. The first kappa shape index (κ1) is 13.0. The van der Waals surface area contributed by atoms with Crippen molar-refractivity contribution in [1.29, 1.82) is 0 Å². The second-order valence-corrected chi connectivity index (χ2v) is 7.07. The summed E-state index contributed by atoms with van der Waals surface area (Å²) in [6.07, 6.45) is 7.39. The van der Waals surface area contributed by atoms with E-state index < -0.39 is 10.0 Å². The molecule has 0 unspecified atom stereocenters. The van der Waals surface area contributed by atoms with Gasteiger partial charge in [0.15, 0.2) is 0 Å². The predicted octanol–water partition coefficient (Wildman–Crippen LogP) is 0.987. The van der Waals surface area contributed by atoms with Crippen molar-refractivity contribution in [2.75, 3.05) is 13.1 Å². The van der Waals surface area contributed by atoms with Crippen molar-refractivity contribution in [3.05, 3.63) is 24.5 Å². The molecule has 1 aromatic rings. The van der Waals surface area contributed by atoms with E-state index in [9.17, 15) is 8.42 Å². The van der Waals surface area contributed by atoms with Gasteiger partial charge in [0, 0.05) is 24.5 Å². The van der Waals surface area contributed by atoms with Crippen molar-refractivity contribution < 1.29 is 8.42 Å². The van der Waals surface area contributed by atoms with Crippen molar-refractivity contribution in [3.63, 3.8) is 0 Å². The summed E-state index contributed by atoms with van der Waals surface area (Å²) in [7, 11) is -3.41. The Morgan fingerprint density at radius 1 is 1.21 bits per heavy atom. The lowest BCUT2D eigenvalue weighted by atomic mass is 10.1. The minimum atomic E-state index is -3.41. The summed E-state index contributed by atoms with van der Waals surface area (Å²) in [5.41, 5.74) is 0. The number of piperidine rings is 1. The van der Waals surface area contributed by atoms with Crippen LogP contribution in [0.2, 0.25) is 0 Å². The minimum absolute atomic E-state index is 0.0557. The van der Waals surface area contributed by atoms with Crippen LogP contribution in [0.25, 0.3) is 0 Å². The maximum atomic E-state index is 12.2. The summed E-state index contributed by atoms with van der Waals surface area (Å²) in [5.74, 6) is 0. The molecular weight excluding hydrogens is 262 g/mol. The Morgan fingerprint density at radius 2 is 1.95 bits per heavy atom. The summed E-state index contributed by atoms with van der Waals surface area (Å²) < 4.78 is 27.1. The van der Waals surface area contributed by atoms with Gasteiger partial charge in [-0.2, -0.15) is 0 Å². The van der Waals surface area contributed by atoms with Crippen LogP contribution in [0.1, 0.15) is 25.7 Å². The molecule has 104 valence electrons. The minimum Gasteiger partial charge on any atom is -0.300 e. The molecule has 0 amide bonds. The second kappa shape index (κ2) is 5.19. The molecule has 0 aromatic carbocycles. The largest absolute Gasteiger partial charge is 0.300 e. The zero-order chi connectivity index (χ0) is 13.3. The van der Waals surface area contributed by atoms with E-state index in [1.165, 1.54) is 19.0 Å². The number of nitrogens with zero attached hydrogens (tertiary/aromatic N) is 2. The molecular formula is C13H19N3O2S.